The second-order valence-corrected chi connectivity index (χ2v) is 7.81. The highest BCUT2D eigenvalue weighted by Crippen LogP contribution is 2.31. The summed E-state index contributed by atoms with van der Waals surface area (Å²) in [6.07, 6.45) is -2.65. The van der Waals surface area contributed by atoms with Gasteiger partial charge in [0.05, 0.1) is 19.0 Å². The molecular formula is C20H27N5O4. The topological polar surface area (TPSA) is 129 Å². The zero-order valence-corrected chi connectivity index (χ0v) is 16.5. The minimum Gasteiger partial charge on any atom is -0.394 e. The van der Waals surface area contributed by atoms with Crippen LogP contribution in [-0.2, 0) is 4.74 Å². The summed E-state index contributed by atoms with van der Waals surface area (Å²) in [4.78, 5) is 11.1. The van der Waals surface area contributed by atoms with E-state index >= 15 is 0 Å². The van der Waals surface area contributed by atoms with E-state index in [1.165, 1.54) is 6.33 Å². The standard InChI is InChI=1S/C20H27N5O4/c1-11(2)15(12-6-4-3-5-7-12)24-10-23-19-14(18(24)21)22-9-25(19)20-17(28)16(27)13(8-26)29-20/h3-7,9,11,13,15-17,20,26-28H,8,10,21H2,1-2H3/t13-,15?,16-,17-,20-/m1/s1. The molecule has 1 saturated heterocycles. The molecule has 1 aromatic heterocycles. The predicted molar refractivity (Wildman–Crippen MR) is 104 cm³/mol. The van der Waals surface area contributed by atoms with Crippen molar-refractivity contribution in [2.45, 2.75) is 44.4 Å². The van der Waals surface area contributed by atoms with Gasteiger partial charge >= 0.3 is 0 Å². The molecular weight excluding hydrogens is 374 g/mol. The summed E-state index contributed by atoms with van der Waals surface area (Å²) in [5, 5.41) is 30.2. The van der Waals surface area contributed by atoms with E-state index in [1.54, 1.807) is 4.57 Å². The molecule has 5 N–H and O–H groups in total. The summed E-state index contributed by atoms with van der Waals surface area (Å²) in [5.41, 5.74) is 8.14. The van der Waals surface area contributed by atoms with Gasteiger partial charge in [0, 0.05) is 0 Å². The Morgan fingerprint density at radius 3 is 2.55 bits per heavy atom. The molecule has 156 valence electrons. The number of benzene rings is 1. The molecule has 2 aliphatic rings. The van der Waals surface area contributed by atoms with Gasteiger partial charge in [0.25, 0.3) is 0 Å². The lowest BCUT2D eigenvalue weighted by molar-refractivity contribution is -0.0546. The van der Waals surface area contributed by atoms with E-state index in [2.05, 4.69) is 36.0 Å². The summed E-state index contributed by atoms with van der Waals surface area (Å²) in [7, 11) is 0. The van der Waals surface area contributed by atoms with E-state index in [0.717, 1.165) is 5.56 Å². The van der Waals surface area contributed by atoms with Gasteiger partial charge < -0.3 is 30.7 Å². The van der Waals surface area contributed by atoms with Crippen molar-refractivity contribution in [2.75, 3.05) is 13.3 Å². The van der Waals surface area contributed by atoms with Crippen LogP contribution >= 0.6 is 0 Å². The molecule has 0 bridgehead atoms. The quantitative estimate of drug-likeness (QED) is 0.496. The maximum absolute atomic E-state index is 10.3. The summed E-state index contributed by atoms with van der Waals surface area (Å²) >= 11 is 0. The number of fused-ring (bicyclic) bond motifs is 1. The maximum Gasteiger partial charge on any atom is 0.165 e. The zero-order chi connectivity index (χ0) is 20.7. The Morgan fingerprint density at radius 1 is 1.21 bits per heavy atom. The van der Waals surface area contributed by atoms with Crippen LogP contribution in [0, 0.1) is 5.92 Å². The number of rotatable bonds is 5. The predicted octanol–water partition coefficient (Wildman–Crippen LogP) is -1.19. The van der Waals surface area contributed by atoms with Crippen molar-refractivity contribution in [3.63, 3.8) is 0 Å². The number of nitrogens with zero attached hydrogens (tertiary/aromatic N) is 4. The van der Waals surface area contributed by atoms with E-state index in [4.69, 9.17) is 10.5 Å². The number of aliphatic hydroxyl groups is 3. The SMILES string of the molecule is CC(C)C(c1ccccc1)N1CN=c2c(ncn2[C@@H]2O[C@H](CO)[C@@H](O)[C@H]2O)=C1N. The Morgan fingerprint density at radius 2 is 1.93 bits per heavy atom. The molecule has 2 aromatic rings. The number of aromatic nitrogens is 2. The minimum atomic E-state index is -1.20. The van der Waals surface area contributed by atoms with Crippen molar-refractivity contribution in [2.24, 2.45) is 16.6 Å². The first-order valence-corrected chi connectivity index (χ1v) is 9.75. The van der Waals surface area contributed by atoms with Crippen molar-refractivity contribution >= 4 is 5.82 Å². The van der Waals surface area contributed by atoms with Gasteiger partial charge in [-0.2, -0.15) is 0 Å². The van der Waals surface area contributed by atoms with Gasteiger partial charge in [-0.05, 0) is 11.5 Å². The van der Waals surface area contributed by atoms with Gasteiger partial charge in [-0.15, -0.1) is 0 Å². The lowest BCUT2D eigenvalue weighted by Crippen LogP contribution is -2.48. The van der Waals surface area contributed by atoms with Gasteiger partial charge in [0.2, 0.25) is 0 Å². The van der Waals surface area contributed by atoms with Gasteiger partial charge in [0.1, 0.15) is 36.2 Å². The van der Waals surface area contributed by atoms with Crippen LogP contribution in [0.3, 0.4) is 0 Å². The van der Waals surface area contributed by atoms with Crippen molar-refractivity contribution < 1.29 is 20.1 Å². The lowest BCUT2D eigenvalue weighted by atomic mass is 9.94. The highest BCUT2D eigenvalue weighted by atomic mass is 16.6. The molecule has 9 nitrogen and oxygen atoms in total. The Labute approximate surface area is 168 Å². The van der Waals surface area contributed by atoms with E-state index in [-0.39, 0.29) is 12.0 Å². The number of ether oxygens (including phenoxy) is 1. The highest BCUT2D eigenvalue weighted by Gasteiger charge is 2.44. The van der Waals surface area contributed by atoms with Crippen LogP contribution in [0.1, 0.15) is 31.7 Å². The highest BCUT2D eigenvalue weighted by molar-refractivity contribution is 5.39. The summed E-state index contributed by atoms with van der Waals surface area (Å²) in [5.74, 6) is 0.790. The van der Waals surface area contributed by atoms with Crippen LogP contribution in [0.2, 0.25) is 0 Å². The number of aliphatic hydroxyl groups excluding tert-OH is 3. The fourth-order valence-corrected chi connectivity index (χ4v) is 4.16. The van der Waals surface area contributed by atoms with Crippen LogP contribution in [0.4, 0.5) is 0 Å². The molecule has 5 atom stereocenters. The number of hydrogen-bond donors (Lipinski definition) is 4. The van der Waals surface area contributed by atoms with Crippen molar-refractivity contribution in [3.05, 3.63) is 53.1 Å². The molecule has 3 heterocycles. The van der Waals surface area contributed by atoms with Gasteiger partial charge in [-0.1, -0.05) is 44.2 Å². The molecule has 0 aliphatic carbocycles. The van der Waals surface area contributed by atoms with Crippen LogP contribution < -0.4 is 16.6 Å². The van der Waals surface area contributed by atoms with E-state index in [9.17, 15) is 15.3 Å². The third-order valence-corrected chi connectivity index (χ3v) is 5.59. The van der Waals surface area contributed by atoms with Crippen molar-refractivity contribution in [1.29, 1.82) is 0 Å². The smallest absolute Gasteiger partial charge is 0.165 e. The first kappa shape index (κ1) is 19.8. The zero-order valence-electron chi connectivity index (χ0n) is 16.5. The maximum atomic E-state index is 10.3. The first-order valence-electron chi connectivity index (χ1n) is 9.75. The second kappa shape index (κ2) is 7.75. The molecule has 1 aromatic carbocycles. The molecule has 0 radical (unpaired) electrons. The molecule has 0 amide bonds. The Kier molecular flexibility index (Phi) is 5.30. The van der Waals surface area contributed by atoms with Crippen LogP contribution in [0.5, 0.6) is 0 Å². The lowest BCUT2D eigenvalue weighted by Gasteiger charge is -2.36. The second-order valence-electron chi connectivity index (χ2n) is 7.81. The van der Waals surface area contributed by atoms with E-state index in [0.29, 0.717) is 23.3 Å². The average Bonchev–Trinajstić information content (AvgIpc) is 3.26. The molecule has 9 heteroatoms. The molecule has 0 saturated carbocycles. The van der Waals surface area contributed by atoms with Gasteiger partial charge in [-0.3, -0.25) is 4.57 Å². The third-order valence-electron chi connectivity index (χ3n) is 5.59. The van der Waals surface area contributed by atoms with Crippen molar-refractivity contribution in [3.8, 4) is 0 Å². The van der Waals surface area contributed by atoms with Gasteiger partial charge in [-0.25, -0.2) is 9.98 Å². The van der Waals surface area contributed by atoms with E-state index < -0.39 is 31.1 Å². The summed E-state index contributed by atoms with van der Waals surface area (Å²) in [6, 6.07) is 10.2. The van der Waals surface area contributed by atoms with Crippen LogP contribution in [0.25, 0.3) is 5.82 Å². The third kappa shape index (κ3) is 3.29. The molecule has 0 spiro atoms. The fraction of sp³-hybridized carbons (Fsp3) is 0.500. The molecule has 1 fully saturated rings. The fourth-order valence-electron chi connectivity index (χ4n) is 4.16. The minimum absolute atomic E-state index is 0.0344. The molecule has 2 aliphatic heterocycles. The largest absolute Gasteiger partial charge is 0.394 e. The van der Waals surface area contributed by atoms with E-state index in [1.807, 2.05) is 23.1 Å². The average molecular weight is 401 g/mol. The van der Waals surface area contributed by atoms with Gasteiger partial charge in [0.15, 0.2) is 11.7 Å². The summed E-state index contributed by atoms with van der Waals surface area (Å²) in [6.45, 7) is 4.21. The van der Waals surface area contributed by atoms with Crippen molar-refractivity contribution in [1.82, 2.24) is 14.5 Å². The van der Waals surface area contributed by atoms with Crippen LogP contribution in [0.15, 0.2) is 41.7 Å². The Hall–Kier alpha value is -2.46. The molecule has 1 unspecified atom stereocenters. The molecule has 4 rings (SSSR count). The Balaban J connectivity index is 1.72. The Bertz CT molecular complexity index is 977. The molecule has 29 heavy (non-hydrogen) atoms. The normalized spacial score (nSPS) is 27.8. The number of hydrogen-bond acceptors (Lipinski definition) is 8. The summed E-state index contributed by atoms with van der Waals surface area (Å²) < 4.78 is 7.18. The first-order chi connectivity index (χ1) is 13.9. The monoisotopic (exact) mass is 401 g/mol. The van der Waals surface area contributed by atoms with Crippen LogP contribution in [-0.4, -0.2) is 61.4 Å². The number of nitrogens with two attached hydrogens (primary N) is 1. The number of imidazole rings is 1.